The van der Waals surface area contributed by atoms with Crippen LogP contribution in [0.25, 0.3) is 0 Å². The van der Waals surface area contributed by atoms with E-state index in [1.54, 1.807) is 0 Å². The summed E-state index contributed by atoms with van der Waals surface area (Å²) in [6, 6.07) is 0. The van der Waals surface area contributed by atoms with Gasteiger partial charge in [-0.1, -0.05) is 15.9 Å². The molecule has 0 aromatic heterocycles. The van der Waals surface area contributed by atoms with Crippen molar-refractivity contribution in [2.45, 2.75) is 5.92 Å². The summed E-state index contributed by atoms with van der Waals surface area (Å²) in [5.41, 5.74) is 0. The summed E-state index contributed by atoms with van der Waals surface area (Å²) in [5, 5.41) is 9.39. The van der Waals surface area contributed by atoms with Crippen LogP contribution < -0.4 is 5.11 Å². The van der Waals surface area contributed by atoms with Crippen LogP contribution in [0.2, 0.25) is 0 Å². The fraction of sp³-hybridized carbons (Fsp3) is 0.600. The van der Waals surface area contributed by atoms with Crippen LogP contribution in [0.4, 0.5) is 8.78 Å². The summed E-state index contributed by atoms with van der Waals surface area (Å²) in [6.07, 6.45) is 0. The molecule has 0 atom stereocenters. The summed E-state index contributed by atoms with van der Waals surface area (Å²) in [4.78, 5) is 19.9. The van der Waals surface area contributed by atoms with Gasteiger partial charge >= 0.3 is 11.9 Å². The van der Waals surface area contributed by atoms with Crippen molar-refractivity contribution in [3.8, 4) is 0 Å². The summed E-state index contributed by atoms with van der Waals surface area (Å²) >= 11 is 2.64. The lowest BCUT2D eigenvalue weighted by atomic mass is 10.4. The molecular weight excluding hydrogens is 242 g/mol. The van der Waals surface area contributed by atoms with Crippen molar-refractivity contribution >= 4 is 27.9 Å². The Balaban J connectivity index is 3.92. The predicted molar refractivity (Wildman–Crippen MR) is 34.7 cm³/mol. The first-order valence-corrected chi connectivity index (χ1v) is 3.83. The average molecular weight is 246 g/mol. The number of rotatable bonds is 4. The lowest BCUT2D eigenvalue weighted by Crippen LogP contribution is -2.45. The highest BCUT2D eigenvalue weighted by Gasteiger charge is 2.32. The summed E-state index contributed by atoms with van der Waals surface area (Å²) in [5.74, 6) is -7.65. The van der Waals surface area contributed by atoms with Gasteiger partial charge < -0.3 is 14.6 Å². The highest BCUT2D eigenvalue weighted by atomic mass is 79.9. The van der Waals surface area contributed by atoms with Crippen molar-refractivity contribution < 1.29 is 28.2 Å². The van der Waals surface area contributed by atoms with Gasteiger partial charge in [-0.25, -0.2) is 0 Å². The third-order valence-corrected chi connectivity index (χ3v) is 1.28. The first-order valence-electron chi connectivity index (χ1n) is 2.71. The average Bonchev–Trinajstić information content (AvgIpc) is 2.00. The molecule has 0 radical (unpaired) electrons. The van der Waals surface area contributed by atoms with E-state index >= 15 is 0 Å². The fourth-order valence-electron chi connectivity index (χ4n) is 0.269. The zero-order chi connectivity index (χ0) is 9.78. The molecule has 0 unspecified atom stereocenters. The van der Waals surface area contributed by atoms with Gasteiger partial charge in [-0.05, 0) is 0 Å². The second-order valence-corrected chi connectivity index (χ2v) is 2.35. The molecule has 0 rings (SSSR count). The minimum atomic E-state index is -4.13. The predicted octanol–water partition coefficient (Wildman–Crippen LogP) is -0.690. The van der Waals surface area contributed by atoms with Gasteiger partial charge in [-0.2, -0.15) is 8.78 Å². The maximum absolute atomic E-state index is 12.1. The van der Waals surface area contributed by atoms with E-state index < -0.39 is 24.5 Å². The molecule has 0 aliphatic rings. The van der Waals surface area contributed by atoms with Gasteiger partial charge in [-0.3, -0.25) is 4.79 Å². The van der Waals surface area contributed by atoms with Crippen LogP contribution in [-0.4, -0.2) is 29.8 Å². The summed E-state index contributed by atoms with van der Waals surface area (Å²) < 4.78 is 28.0. The van der Waals surface area contributed by atoms with Gasteiger partial charge in [0.15, 0.2) is 6.61 Å². The topological polar surface area (TPSA) is 66.4 Å². The maximum Gasteiger partial charge on any atom is 0.320 e. The number of carboxylic acids is 1. The standard InChI is InChI=1S/C5H5BrF2O4/c6-1-3(9)12-2-5(7,8)4(10)11/h1-2H2,(H,10,11)/p-1. The molecule has 0 saturated heterocycles. The molecule has 0 aliphatic heterocycles. The fourth-order valence-corrected chi connectivity index (χ4v) is 0.431. The normalized spacial score (nSPS) is 10.9. The second kappa shape index (κ2) is 4.34. The van der Waals surface area contributed by atoms with Gasteiger partial charge in [0.2, 0.25) is 0 Å². The van der Waals surface area contributed by atoms with Crippen LogP contribution in [0.3, 0.4) is 0 Å². The van der Waals surface area contributed by atoms with E-state index in [4.69, 9.17) is 0 Å². The number of hydrogen-bond donors (Lipinski definition) is 0. The van der Waals surface area contributed by atoms with Crippen molar-refractivity contribution in [2.24, 2.45) is 0 Å². The van der Waals surface area contributed by atoms with E-state index in [2.05, 4.69) is 20.7 Å². The molecule has 0 spiro atoms. The van der Waals surface area contributed by atoms with Gasteiger partial charge in [0.25, 0.3) is 0 Å². The van der Waals surface area contributed by atoms with Gasteiger partial charge in [-0.15, -0.1) is 0 Å². The highest BCUT2D eigenvalue weighted by molar-refractivity contribution is 9.09. The van der Waals surface area contributed by atoms with E-state index in [0.29, 0.717) is 0 Å². The van der Waals surface area contributed by atoms with Crippen molar-refractivity contribution in [3.63, 3.8) is 0 Å². The van der Waals surface area contributed by atoms with Crippen LogP contribution in [0.15, 0.2) is 0 Å². The number of carbonyl (C=O) groups excluding carboxylic acids is 2. The lowest BCUT2D eigenvalue weighted by Gasteiger charge is -2.16. The Labute approximate surface area is 74.6 Å². The Morgan fingerprint density at radius 1 is 1.50 bits per heavy atom. The molecule has 0 bridgehead atoms. The first-order chi connectivity index (χ1) is 5.40. The molecule has 70 valence electrons. The number of esters is 1. The van der Waals surface area contributed by atoms with E-state index in [-0.39, 0.29) is 5.33 Å². The quantitative estimate of drug-likeness (QED) is 0.486. The SMILES string of the molecule is O=C(CBr)OCC(F)(F)C(=O)[O-]. The molecular formula is C5H4BrF2O4-. The highest BCUT2D eigenvalue weighted by Crippen LogP contribution is 2.12. The summed E-state index contributed by atoms with van der Waals surface area (Å²) in [6.45, 7) is -1.50. The number of carboxylic acid groups (broad SMARTS) is 1. The molecule has 0 saturated carbocycles. The Kier molecular flexibility index (Phi) is 4.08. The van der Waals surface area contributed by atoms with E-state index in [9.17, 15) is 23.5 Å². The minimum absolute atomic E-state index is 0.268. The van der Waals surface area contributed by atoms with Crippen molar-refractivity contribution in [1.82, 2.24) is 0 Å². The van der Waals surface area contributed by atoms with Crippen LogP contribution in [-0.2, 0) is 14.3 Å². The molecule has 0 amide bonds. The smallest absolute Gasteiger partial charge is 0.320 e. The van der Waals surface area contributed by atoms with Crippen molar-refractivity contribution in [2.75, 3.05) is 11.9 Å². The zero-order valence-corrected chi connectivity index (χ0v) is 7.27. The molecule has 0 aromatic carbocycles. The number of aliphatic carboxylic acids is 1. The second-order valence-electron chi connectivity index (χ2n) is 1.79. The van der Waals surface area contributed by atoms with Crippen LogP contribution in [0.5, 0.6) is 0 Å². The Morgan fingerprint density at radius 3 is 2.33 bits per heavy atom. The third kappa shape index (κ3) is 3.61. The largest absolute Gasteiger partial charge is 0.544 e. The van der Waals surface area contributed by atoms with Gasteiger partial charge in [0, 0.05) is 0 Å². The maximum atomic E-state index is 12.1. The number of hydrogen-bond acceptors (Lipinski definition) is 4. The molecule has 0 aliphatic carbocycles. The number of alkyl halides is 3. The molecule has 0 fully saturated rings. The molecule has 12 heavy (non-hydrogen) atoms. The Morgan fingerprint density at radius 2 is 2.00 bits per heavy atom. The van der Waals surface area contributed by atoms with Gasteiger partial charge in [0.1, 0.15) is 11.3 Å². The summed E-state index contributed by atoms with van der Waals surface area (Å²) in [7, 11) is 0. The van der Waals surface area contributed by atoms with Crippen LogP contribution in [0.1, 0.15) is 0 Å². The van der Waals surface area contributed by atoms with Crippen molar-refractivity contribution in [3.05, 3.63) is 0 Å². The van der Waals surface area contributed by atoms with Gasteiger partial charge in [0.05, 0.1) is 0 Å². The Bertz CT molecular complexity index is 194. The monoisotopic (exact) mass is 245 g/mol. The lowest BCUT2D eigenvalue weighted by molar-refractivity contribution is -0.331. The van der Waals surface area contributed by atoms with Crippen LogP contribution in [0, 0.1) is 0 Å². The molecule has 0 N–H and O–H groups in total. The molecule has 0 aromatic rings. The van der Waals surface area contributed by atoms with E-state index in [1.807, 2.05) is 0 Å². The number of ether oxygens (including phenoxy) is 1. The van der Waals surface area contributed by atoms with E-state index in [0.717, 1.165) is 0 Å². The van der Waals surface area contributed by atoms with Crippen molar-refractivity contribution in [1.29, 1.82) is 0 Å². The third-order valence-electron chi connectivity index (χ3n) is 0.822. The Hall–Kier alpha value is -0.720. The molecule has 4 nitrogen and oxygen atoms in total. The number of halogens is 3. The molecule has 7 heteroatoms. The molecule has 0 heterocycles. The number of carbonyl (C=O) groups is 2. The first kappa shape index (κ1) is 11.3. The van der Waals surface area contributed by atoms with E-state index in [1.165, 1.54) is 0 Å². The minimum Gasteiger partial charge on any atom is -0.544 e. The zero-order valence-electron chi connectivity index (χ0n) is 5.68. The van der Waals surface area contributed by atoms with Crippen LogP contribution >= 0.6 is 15.9 Å².